The molecular weight excluding hydrogens is 584 g/mol. The van der Waals surface area contributed by atoms with Crippen molar-refractivity contribution in [2.24, 2.45) is 23.7 Å². The molecule has 244 valence electrons. The Labute approximate surface area is 277 Å². The van der Waals surface area contributed by atoms with E-state index in [1.54, 1.807) is 24.1 Å². The maximum atomic E-state index is 14.0. The molecule has 1 amide bonds. The van der Waals surface area contributed by atoms with Gasteiger partial charge in [0, 0.05) is 66.5 Å². The smallest absolute Gasteiger partial charge is 0.224 e. The molecule has 7 nitrogen and oxygen atoms in total. The van der Waals surface area contributed by atoms with Gasteiger partial charge in [-0.25, -0.2) is 0 Å². The molecule has 2 saturated carbocycles. The van der Waals surface area contributed by atoms with Gasteiger partial charge in [0.25, 0.3) is 0 Å². The predicted molar refractivity (Wildman–Crippen MR) is 182 cm³/mol. The fourth-order valence-corrected chi connectivity index (χ4v) is 14.0. The number of benzene rings is 2. The molecule has 7 aliphatic heterocycles. The molecule has 0 aromatic heterocycles. The van der Waals surface area contributed by atoms with Crippen LogP contribution in [0.4, 0.5) is 11.4 Å². The van der Waals surface area contributed by atoms with Crippen LogP contribution in [-0.2, 0) is 20.4 Å². The number of phenols is 1. The molecule has 11 rings (SSSR count). The van der Waals surface area contributed by atoms with Gasteiger partial charge < -0.3 is 19.6 Å². The van der Waals surface area contributed by atoms with Crippen LogP contribution >= 0.6 is 0 Å². The summed E-state index contributed by atoms with van der Waals surface area (Å²) in [5.41, 5.74) is 7.87. The molecule has 4 bridgehead atoms. The first kappa shape index (κ1) is 27.8. The summed E-state index contributed by atoms with van der Waals surface area (Å²) in [6.07, 6.45) is 9.17. The van der Waals surface area contributed by atoms with E-state index in [0.29, 0.717) is 35.9 Å². The number of anilines is 2. The molecule has 47 heavy (non-hydrogen) atoms. The van der Waals surface area contributed by atoms with Crippen LogP contribution in [0.5, 0.6) is 5.75 Å². The van der Waals surface area contributed by atoms with E-state index in [1.807, 2.05) is 6.07 Å². The number of aromatic hydroxyl groups is 1. The second-order valence-electron chi connectivity index (χ2n) is 16.3. The Bertz CT molecular complexity index is 1800. The lowest BCUT2D eigenvalue weighted by molar-refractivity contribution is -0.129. The highest BCUT2D eigenvalue weighted by Crippen LogP contribution is 2.69. The normalized spacial score (nSPS) is 45.3. The number of fused-ring (bicyclic) bond motifs is 6. The summed E-state index contributed by atoms with van der Waals surface area (Å²) in [6.45, 7) is 11.2. The zero-order valence-corrected chi connectivity index (χ0v) is 27.8. The Balaban J connectivity index is 1.14. The van der Waals surface area contributed by atoms with Gasteiger partial charge in [0.1, 0.15) is 12.0 Å². The monoisotopic (exact) mass is 630 g/mol. The lowest BCUT2D eigenvalue weighted by atomic mass is 9.53. The van der Waals surface area contributed by atoms with Crippen molar-refractivity contribution in [1.29, 1.82) is 0 Å². The molecule has 2 aromatic rings. The molecular formula is C40H46N4O3. The highest BCUT2D eigenvalue weighted by Gasteiger charge is 2.74. The van der Waals surface area contributed by atoms with Crippen LogP contribution in [0.25, 0.3) is 0 Å². The van der Waals surface area contributed by atoms with E-state index < -0.39 is 0 Å². The number of allylic oxidation sites excluding steroid dienone is 2. The van der Waals surface area contributed by atoms with Crippen molar-refractivity contribution in [3.63, 3.8) is 0 Å². The third-order valence-corrected chi connectivity index (χ3v) is 15.3. The molecule has 9 aliphatic rings. The quantitative estimate of drug-likeness (QED) is 0.438. The zero-order chi connectivity index (χ0) is 31.6. The Hall–Kier alpha value is -3.13. The second-order valence-corrected chi connectivity index (χ2v) is 16.3. The lowest BCUT2D eigenvalue weighted by Crippen LogP contribution is -2.73. The van der Waals surface area contributed by atoms with Gasteiger partial charge in [0.2, 0.25) is 5.91 Å². The number of carbonyl (C=O) groups is 1. The number of amides is 1. The van der Waals surface area contributed by atoms with Gasteiger partial charge in [0.15, 0.2) is 0 Å². The van der Waals surface area contributed by atoms with Crippen molar-refractivity contribution in [2.75, 3.05) is 42.6 Å². The maximum Gasteiger partial charge on any atom is 0.224 e. The number of ether oxygens (including phenoxy) is 1. The first-order valence-corrected chi connectivity index (χ1v) is 18.3. The van der Waals surface area contributed by atoms with Gasteiger partial charge in [-0.1, -0.05) is 53.6 Å². The minimum atomic E-state index is -0.220. The highest BCUT2D eigenvalue weighted by atomic mass is 16.5. The van der Waals surface area contributed by atoms with E-state index in [9.17, 15) is 9.90 Å². The van der Waals surface area contributed by atoms with Crippen molar-refractivity contribution in [3.05, 3.63) is 76.9 Å². The standard InChI is InChI=1S/C40H46N4O3/c1-4-23-19-41-15-13-39-28-9-6-7-11-30(28)44-36(39)27(25(23)17-32(39)41)21-47-38(44)34-26-18-33-40(14-16-42(33)20-24(26)5-2)29-10-8-12-31(46)35(29)43(22(3)45)37(34)40/h4-12,25-27,32-34,36-38,46H,13-21H2,1-3H3/b23-4-,24-5-/t25-,26+,27-,32-,33-,34+,36-,37-,38-,39+,40+/m0/s1. The molecule has 2 aliphatic carbocycles. The van der Waals surface area contributed by atoms with Gasteiger partial charge in [-0.2, -0.15) is 0 Å². The summed E-state index contributed by atoms with van der Waals surface area (Å²) in [5, 5.41) is 11.5. The SMILES string of the molecule is C/C=C1/CN2CC[C@]34c5cccc(O)c5N(C(C)=O)[C@H]3[C@H]([C@@H]3OC[C@@H]5[C@@H]6N3c3ccccc3[C@@]63CCN6C/C(=C/C)[C@@H]5C[C@H]63)[C@@H]1C[C@H]24. The summed E-state index contributed by atoms with van der Waals surface area (Å²) < 4.78 is 7.46. The molecule has 7 heterocycles. The summed E-state index contributed by atoms with van der Waals surface area (Å²) in [6, 6.07) is 16.6. The number of nitrogens with zero attached hydrogens (tertiary/aromatic N) is 4. The van der Waals surface area contributed by atoms with Crippen LogP contribution in [0, 0.1) is 23.7 Å². The van der Waals surface area contributed by atoms with Crippen LogP contribution in [0.2, 0.25) is 0 Å². The van der Waals surface area contributed by atoms with Crippen molar-refractivity contribution >= 4 is 17.3 Å². The average molecular weight is 631 g/mol. The fourth-order valence-electron chi connectivity index (χ4n) is 14.0. The van der Waals surface area contributed by atoms with Crippen LogP contribution in [0.3, 0.4) is 0 Å². The topological polar surface area (TPSA) is 59.5 Å². The largest absolute Gasteiger partial charge is 0.506 e. The van der Waals surface area contributed by atoms with Gasteiger partial charge >= 0.3 is 0 Å². The number of carbonyl (C=O) groups excluding carboxylic acids is 1. The summed E-state index contributed by atoms with van der Waals surface area (Å²) in [4.78, 5) is 24.4. The van der Waals surface area contributed by atoms with Crippen molar-refractivity contribution in [3.8, 4) is 5.75 Å². The second kappa shape index (κ2) is 9.10. The first-order chi connectivity index (χ1) is 22.9. The number of rotatable bonds is 1. The summed E-state index contributed by atoms with van der Waals surface area (Å²) in [7, 11) is 0. The Morgan fingerprint density at radius 1 is 0.872 bits per heavy atom. The van der Waals surface area contributed by atoms with Crippen LogP contribution in [0.15, 0.2) is 65.8 Å². The molecule has 0 radical (unpaired) electrons. The van der Waals surface area contributed by atoms with Crippen molar-refractivity contribution < 1.29 is 14.6 Å². The van der Waals surface area contributed by atoms with Crippen molar-refractivity contribution in [2.45, 2.75) is 87.7 Å². The van der Waals surface area contributed by atoms with E-state index in [0.717, 1.165) is 51.3 Å². The lowest BCUT2D eigenvalue weighted by Gasteiger charge is -2.63. The number of hydrogen-bond donors (Lipinski definition) is 1. The molecule has 7 fully saturated rings. The van der Waals surface area contributed by atoms with Crippen molar-refractivity contribution in [1.82, 2.24) is 9.80 Å². The third kappa shape index (κ3) is 2.99. The summed E-state index contributed by atoms with van der Waals surface area (Å²) in [5.74, 6) is 1.68. The maximum absolute atomic E-state index is 14.0. The highest BCUT2D eigenvalue weighted by molar-refractivity contribution is 5.98. The zero-order valence-electron chi connectivity index (χ0n) is 27.8. The Kier molecular flexibility index (Phi) is 5.38. The Morgan fingerprint density at radius 3 is 2.26 bits per heavy atom. The van der Waals surface area contributed by atoms with Gasteiger partial charge in [-0.15, -0.1) is 0 Å². The van der Waals surface area contributed by atoms with Crippen LogP contribution < -0.4 is 9.80 Å². The number of hydrogen-bond acceptors (Lipinski definition) is 6. The third-order valence-electron chi connectivity index (χ3n) is 15.3. The van der Waals surface area contributed by atoms with Gasteiger partial charge in [0.05, 0.1) is 18.3 Å². The molecule has 2 aromatic carbocycles. The molecule has 11 atom stereocenters. The van der Waals surface area contributed by atoms with E-state index in [2.05, 4.69) is 75.9 Å². The Morgan fingerprint density at radius 2 is 1.53 bits per heavy atom. The number of phenolic OH excluding ortho intramolecular Hbond substituents is 1. The molecule has 0 unspecified atom stereocenters. The van der Waals surface area contributed by atoms with E-state index in [4.69, 9.17) is 4.74 Å². The minimum absolute atomic E-state index is 0.0309. The fraction of sp³-hybridized carbons (Fsp3) is 0.575. The van der Waals surface area contributed by atoms with Crippen LogP contribution in [0.1, 0.15) is 57.6 Å². The van der Waals surface area contributed by atoms with Gasteiger partial charge in [-0.05, 0) is 87.7 Å². The van der Waals surface area contributed by atoms with E-state index >= 15 is 0 Å². The summed E-state index contributed by atoms with van der Waals surface area (Å²) >= 11 is 0. The number of para-hydroxylation sites is 2. The minimum Gasteiger partial charge on any atom is -0.506 e. The predicted octanol–water partition coefficient (Wildman–Crippen LogP) is 5.19. The average Bonchev–Trinajstić information content (AvgIpc) is 3.84. The van der Waals surface area contributed by atoms with E-state index in [-0.39, 0.29) is 40.7 Å². The van der Waals surface area contributed by atoms with Crippen LogP contribution in [-0.4, -0.2) is 84.0 Å². The molecule has 5 saturated heterocycles. The molecule has 1 N–H and O–H groups in total. The molecule has 2 spiro atoms. The van der Waals surface area contributed by atoms with Gasteiger partial charge in [-0.3, -0.25) is 14.6 Å². The molecule has 7 heteroatoms. The first-order valence-electron chi connectivity index (χ1n) is 18.3. The number of piperidine rings is 2. The van der Waals surface area contributed by atoms with E-state index in [1.165, 1.54) is 29.7 Å².